The standard InChI is InChI=1S/C21H26N4O/c1-16-14-20-22-19(17-8-4-3-5-9-17)15-21(25(20)23-16)24(2)12-11-18-10-6-7-13-26-18/h3-5,8-9,14-15,18H,6-7,10-13H2,1-2H3/t18-/m1/s1. The molecule has 1 saturated heterocycles. The number of nitrogens with zero attached hydrogens (tertiary/aromatic N) is 4. The van der Waals surface area contributed by atoms with Crippen molar-refractivity contribution in [1.82, 2.24) is 14.6 Å². The maximum absolute atomic E-state index is 5.89. The normalized spacial score (nSPS) is 17.5. The molecular weight excluding hydrogens is 324 g/mol. The van der Waals surface area contributed by atoms with Crippen molar-refractivity contribution in [3.63, 3.8) is 0 Å². The molecule has 2 aromatic heterocycles. The lowest BCUT2D eigenvalue weighted by Crippen LogP contribution is -2.28. The molecule has 0 saturated carbocycles. The molecule has 1 aliphatic heterocycles. The molecule has 0 N–H and O–H groups in total. The second-order valence-electron chi connectivity index (χ2n) is 7.12. The van der Waals surface area contributed by atoms with Gasteiger partial charge in [-0.2, -0.15) is 9.61 Å². The van der Waals surface area contributed by atoms with Gasteiger partial charge >= 0.3 is 0 Å². The van der Waals surface area contributed by atoms with Crippen LogP contribution in [-0.2, 0) is 4.74 Å². The van der Waals surface area contributed by atoms with Crippen LogP contribution in [0.5, 0.6) is 0 Å². The van der Waals surface area contributed by atoms with Gasteiger partial charge in [0.2, 0.25) is 0 Å². The van der Waals surface area contributed by atoms with Gasteiger partial charge in [-0.3, -0.25) is 0 Å². The fraction of sp³-hybridized carbons (Fsp3) is 0.429. The lowest BCUT2D eigenvalue weighted by atomic mass is 10.1. The Labute approximate surface area is 154 Å². The summed E-state index contributed by atoms with van der Waals surface area (Å²) in [6.07, 6.45) is 5.09. The monoisotopic (exact) mass is 350 g/mol. The summed E-state index contributed by atoms with van der Waals surface area (Å²) in [5.74, 6) is 1.07. The zero-order chi connectivity index (χ0) is 17.9. The molecule has 0 radical (unpaired) electrons. The number of hydrogen-bond donors (Lipinski definition) is 0. The summed E-state index contributed by atoms with van der Waals surface area (Å²) in [7, 11) is 2.13. The molecule has 3 heterocycles. The minimum absolute atomic E-state index is 0.386. The van der Waals surface area contributed by atoms with Gasteiger partial charge in [-0.25, -0.2) is 4.98 Å². The lowest BCUT2D eigenvalue weighted by molar-refractivity contribution is 0.0126. The maximum atomic E-state index is 5.89. The van der Waals surface area contributed by atoms with Crippen LogP contribution in [-0.4, -0.2) is 40.9 Å². The Morgan fingerprint density at radius 2 is 2.04 bits per heavy atom. The third kappa shape index (κ3) is 3.58. The van der Waals surface area contributed by atoms with Gasteiger partial charge in [0.1, 0.15) is 5.82 Å². The van der Waals surface area contributed by atoms with Crippen LogP contribution in [0.15, 0.2) is 42.5 Å². The maximum Gasteiger partial charge on any atom is 0.158 e. The van der Waals surface area contributed by atoms with Crippen molar-refractivity contribution in [3.05, 3.63) is 48.2 Å². The highest BCUT2D eigenvalue weighted by Gasteiger charge is 2.17. The number of benzene rings is 1. The highest BCUT2D eigenvalue weighted by molar-refractivity contribution is 5.67. The molecule has 1 aromatic carbocycles. The van der Waals surface area contributed by atoms with E-state index < -0.39 is 0 Å². The van der Waals surface area contributed by atoms with Crippen molar-refractivity contribution in [2.45, 2.75) is 38.7 Å². The fourth-order valence-corrected chi connectivity index (χ4v) is 3.59. The zero-order valence-electron chi connectivity index (χ0n) is 15.6. The minimum Gasteiger partial charge on any atom is -0.378 e. The lowest BCUT2D eigenvalue weighted by Gasteiger charge is -2.26. The summed E-state index contributed by atoms with van der Waals surface area (Å²) in [6, 6.07) is 14.5. The van der Waals surface area contributed by atoms with Gasteiger partial charge in [0.05, 0.1) is 17.5 Å². The van der Waals surface area contributed by atoms with E-state index in [0.717, 1.165) is 48.0 Å². The van der Waals surface area contributed by atoms with Crippen molar-refractivity contribution >= 4 is 11.5 Å². The van der Waals surface area contributed by atoms with Crippen molar-refractivity contribution < 1.29 is 4.74 Å². The molecule has 4 rings (SSSR count). The molecule has 1 fully saturated rings. The summed E-state index contributed by atoms with van der Waals surface area (Å²) in [5, 5.41) is 4.64. The third-order valence-corrected chi connectivity index (χ3v) is 5.05. The van der Waals surface area contributed by atoms with E-state index in [1.165, 1.54) is 19.3 Å². The van der Waals surface area contributed by atoms with Gasteiger partial charge in [0.15, 0.2) is 5.65 Å². The number of anilines is 1. The topological polar surface area (TPSA) is 42.7 Å². The van der Waals surface area contributed by atoms with E-state index in [1.807, 2.05) is 35.7 Å². The van der Waals surface area contributed by atoms with Crippen LogP contribution in [0.1, 0.15) is 31.4 Å². The van der Waals surface area contributed by atoms with Crippen molar-refractivity contribution in [2.75, 3.05) is 25.1 Å². The highest BCUT2D eigenvalue weighted by Crippen LogP contribution is 2.25. The van der Waals surface area contributed by atoms with E-state index in [2.05, 4.69) is 35.2 Å². The fourth-order valence-electron chi connectivity index (χ4n) is 3.59. The summed E-state index contributed by atoms with van der Waals surface area (Å²) in [6.45, 7) is 3.86. The molecule has 0 bridgehead atoms. The van der Waals surface area contributed by atoms with Crippen molar-refractivity contribution in [1.29, 1.82) is 0 Å². The van der Waals surface area contributed by atoms with Crippen molar-refractivity contribution in [2.24, 2.45) is 0 Å². The Morgan fingerprint density at radius 3 is 2.81 bits per heavy atom. The number of aryl methyl sites for hydroxylation is 1. The Hall–Kier alpha value is -2.40. The number of hydrogen-bond acceptors (Lipinski definition) is 4. The average Bonchev–Trinajstić information content (AvgIpc) is 3.07. The second-order valence-corrected chi connectivity index (χ2v) is 7.12. The first-order valence-electron chi connectivity index (χ1n) is 9.46. The van der Waals surface area contributed by atoms with Gasteiger partial charge in [-0.05, 0) is 32.6 Å². The van der Waals surface area contributed by atoms with Crippen LogP contribution in [0.2, 0.25) is 0 Å². The summed E-state index contributed by atoms with van der Waals surface area (Å²) < 4.78 is 7.84. The van der Waals surface area contributed by atoms with Gasteiger partial charge in [-0.1, -0.05) is 30.3 Å². The molecule has 1 aliphatic rings. The zero-order valence-corrected chi connectivity index (χ0v) is 15.6. The number of rotatable bonds is 5. The predicted molar refractivity (Wildman–Crippen MR) is 105 cm³/mol. The molecule has 1 atom stereocenters. The summed E-state index contributed by atoms with van der Waals surface area (Å²) >= 11 is 0. The second kappa shape index (κ2) is 7.46. The van der Waals surface area contributed by atoms with Crippen LogP contribution in [0.25, 0.3) is 16.9 Å². The number of ether oxygens (including phenoxy) is 1. The van der Waals surface area contributed by atoms with E-state index in [0.29, 0.717) is 6.10 Å². The molecule has 0 unspecified atom stereocenters. The summed E-state index contributed by atoms with van der Waals surface area (Å²) in [5.41, 5.74) is 3.97. The third-order valence-electron chi connectivity index (χ3n) is 5.05. The van der Waals surface area contributed by atoms with E-state index >= 15 is 0 Å². The van der Waals surface area contributed by atoms with Crippen LogP contribution in [0.4, 0.5) is 5.82 Å². The first kappa shape index (κ1) is 17.0. The Bertz CT molecular complexity index is 868. The molecule has 0 spiro atoms. The Morgan fingerprint density at radius 1 is 1.19 bits per heavy atom. The van der Waals surface area contributed by atoms with E-state index in [4.69, 9.17) is 9.72 Å². The van der Waals surface area contributed by atoms with Gasteiger partial charge in [-0.15, -0.1) is 0 Å². The smallest absolute Gasteiger partial charge is 0.158 e. The summed E-state index contributed by atoms with van der Waals surface area (Å²) in [4.78, 5) is 7.08. The molecular formula is C21H26N4O. The van der Waals surface area contributed by atoms with Crippen LogP contribution in [0.3, 0.4) is 0 Å². The highest BCUT2D eigenvalue weighted by atomic mass is 16.5. The largest absolute Gasteiger partial charge is 0.378 e. The molecule has 5 nitrogen and oxygen atoms in total. The van der Waals surface area contributed by atoms with Crippen LogP contribution in [0, 0.1) is 6.92 Å². The van der Waals surface area contributed by atoms with Crippen LogP contribution >= 0.6 is 0 Å². The van der Waals surface area contributed by atoms with Gasteiger partial charge < -0.3 is 9.64 Å². The molecule has 0 aliphatic carbocycles. The van der Waals surface area contributed by atoms with E-state index in [-0.39, 0.29) is 0 Å². The Balaban J connectivity index is 1.63. The molecule has 26 heavy (non-hydrogen) atoms. The predicted octanol–water partition coefficient (Wildman–Crippen LogP) is 4.10. The quantitative estimate of drug-likeness (QED) is 0.695. The van der Waals surface area contributed by atoms with E-state index in [1.54, 1.807) is 0 Å². The Kier molecular flexibility index (Phi) is 4.89. The molecule has 5 heteroatoms. The SMILES string of the molecule is Cc1cc2nc(-c3ccccc3)cc(N(C)CC[C@H]3CCCCO3)n2n1. The van der Waals surface area contributed by atoms with Gasteiger partial charge in [0.25, 0.3) is 0 Å². The minimum atomic E-state index is 0.386. The first-order chi connectivity index (χ1) is 12.7. The average molecular weight is 350 g/mol. The van der Waals surface area contributed by atoms with Crippen LogP contribution < -0.4 is 4.90 Å². The molecule has 3 aromatic rings. The number of fused-ring (bicyclic) bond motifs is 1. The molecule has 0 amide bonds. The number of aromatic nitrogens is 3. The molecule has 136 valence electrons. The van der Waals surface area contributed by atoms with Gasteiger partial charge in [0, 0.05) is 37.9 Å². The first-order valence-corrected chi connectivity index (χ1v) is 9.46. The van der Waals surface area contributed by atoms with E-state index in [9.17, 15) is 0 Å². The van der Waals surface area contributed by atoms with Crippen molar-refractivity contribution in [3.8, 4) is 11.3 Å².